The SMILES string of the molecule is C=CC(=O)N1CCN(C(=O)CNc2cc(C)c(C)cc2O)CC1C#N. The van der Waals surface area contributed by atoms with E-state index in [1.54, 1.807) is 17.0 Å². The number of rotatable bonds is 4. The second kappa shape index (κ2) is 7.71. The van der Waals surface area contributed by atoms with Crippen molar-refractivity contribution in [3.63, 3.8) is 0 Å². The third-order valence-electron chi connectivity index (χ3n) is 4.38. The van der Waals surface area contributed by atoms with E-state index in [0.717, 1.165) is 11.1 Å². The van der Waals surface area contributed by atoms with Crippen LogP contribution in [0.25, 0.3) is 0 Å². The molecule has 0 bridgehead atoms. The average molecular weight is 342 g/mol. The lowest BCUT2D eigenvalue weighted by Crippen LogP contribution is -2.56. The minimum Gasteiger partial charge on any atom is -0.506 e. The monoisotopic (exact) mass is 342 g/mol. The number of phenols is 1. The summed E-state index contributed by atoms with van der Waals surface area (Å²) in [7, 11) is 0. The first-order valence-corrected chi connectivity index (χ1v) is 8.02. The Hall–Kier alpha value is -3.01. The minimum absolute atomic E-state index is 0.00359. The van der Waals surface area contributed by atoms with Crippen LogP contribution in [0.3, 0.4) is 0 Å². The van der Waals surface area contributed by atoms with Crippen molar-refractivity contribution in [1.82, 2.24) is 9.80 Å². The largest absolute Gasteiger partial charge is 0.506 e. The number of aromatic hydroxyl groups is 1. The molecule has 1 saturated heterocycles. The Bertz CT molecular complexity index is 739. The molecule has 2 rings (SSSR count). The molecule has 1 atom stereocenters. The summed E-state index contributed by atoms with van der Waals surface area (Å²) in [6.07, 6.45) is 1.17. The maximum atomic E-state index is 12.4. The number of piperazine rings is 1. The molecule has 1 aromatic carbocycles. The van der Waals surface area contributed by atoms with Crippen molar-refractivity contribution in [2.24, 2.45) is 0 Å². The predicted octanol–water partition coefficient (Wildman–Crippen LogP) is 1.17. The molecule has 132 valence electrons. The van der Waals surface area contributed by atoms with Crippen molar-refractivity contribution < 1.29 is 14.7 Å². The van der Waals surface area contributed by atoms with Crippen LogP contribution < -0.4 is 5.32 Å². The lowest BCUT2D eigenvalue weighted by molar-refractivity contribution is -0.137. The van der Waals surface area contributed by atoms with Gasteiger partial charge in [-0.15, -0.1) is 0 Å². The lowest BCUT2D eigenvalue weighted by Gasteiger charge is -2.37. The third-order valence-corrected chi connectivity index (χ3v) is 4.38. The van der Waals surface area contributed by atoms with Crippen molar-refractivity contribution in [3.05, 3.63) is 35.9 Å². The summed E-state index contributed by atoms with van der Waals surface area (Å²) < 4.78 is 0. The van der Waals surface area contributed by atoms with Gasteiger partial charge in [-0.3, -0.25) is 9.59 Å². The Morgan fingerprint density at radius 1 is 1.40 bits per heavy atom. The van der Waals surface area contributed by atoms with Crippen LogP contribution in [0.1, 0.15) is 11.1 Å². The summed E-state index contributed by atoms with van der Waals surface area (Å²) >= 11 is 0. The van der Waals surface area contributed by atoms with E-state index in [9.17, 15) is 20.0 Å². The van der Waals surface area contributed by atoms with E-state index in [-0.39, 0.29) is 30.7 Å². The van der Waals surface area contributed by atoms with Gasteiger partial charge in [-0.25, -0.2) is 0 Å². The van der Waals surface area contributed by atoms with E-state index in [1.807, 2.05) is 13.8 Å². The maximum absolute atomic E-state index is 12.4. The number of carbonyl (C=O) groups excluding carboxylic acids is 2. The highest BCUT2D eigenvalue weighted by atomic mass is 16.3. The summed E-state index contributed by atoms with van der Waals surface area (Å²) in [6.45, 7) is 8.07. The summed E-state index contributed by atoms with van der Waals surface area (Å²) in [4.78, 5) is 27.1. The lowest BCUT2D eigenvalue weighted by atomic mass is 10.1. The van der Waals surface area contributed by atoms with Crippen molar-refractivity contribution >= 4 is 17.5 Å². The Kier molecular flexibility index (Phi) is 5.65. The first-order chi connectivity index (χ1) is 11.9. The van der Waals surface area contributed by atoms with E-state index in [4.69, 9.17) is 0 Å². The van der Waals surface area contributed by atoms with Gasteiger partial charge in [0.05, 0.1) is 24.8 Å². The number of anilines is 1. The van der Waals surface area contributed by atoms with Gasteiger partial charge in [0.2, 0.25) is 11.8 Å². The fourth-order valence-corrected chi connectivity index (χ4v) is 2.73. The van der Waals surface area contributed by atoms with Crippen molar-refractivity contribution in [1.29, 1.82) is 5.26 Å². The van der Waals surface area contributed by atoms with Crippen LogP contribution in [0.2, 0.25) is 0 Å². The van der Waals surface area contributed by atoms with Gasteiger partial charge in [0.15, 0.2) is 0 Å². The fraction of sp³-hybridized carbons (Fsp3) is 0.389. The Morgan fingerprint density at radius 2 is 2.08 bits per heavy atom. The van der Waals surface area contributed by atoms with Gasteiger partial charge in [-0.1, -0.05) is 6.58 Å². The molecule has 2 N–H and O–H groups in total. The highest BCUT2D eigenvalue weighted by Crippen LogP contribution is 2.26. The molecule has 1 aliphatic rings. The van der Waals surface area contributed by atoms with Crippen molar-refractivity contribution in [3.8, 4) is 11.8 Å². The molecule has 0 saturated carbocycles. The van der Waals surface area contributed by atoms with E-state index in [0.29, 0.717) is 18.8 Å². The van der Waals surface area contributed by atoms with Gasteiger partial charge in [-0.2, -0.15) is 5.26 Å². The molecule has 0 aliphatic carbocycles. The van der Waals surface area contributed by atoms with E-state index in [2.05, 4.69) is 18.0 Å². The molecule has 1 aromatic rings. The van der Waals surface area contributed by atoms with Gasteiger partial charge in [0.1, 0.15) is 11.8 Å². The number of carbonyl (C=O) groups is 2. The zero-order valence-electron chi connectivity index (χ0n) is 14.5. The highest BCUT2D eigenvalue weighted by molar-refractivity contribution is 5.88. The number of nitriles is 1. The Labute approximate surface area is 147 Å². The molecule has 1 aliphatic heterocycles. The third kappa shape index (κ3) is 4.10. The van der Waals surface area contributed by atoms with Crippen LogP contribution in [0, 0.1) is 25.2 Å². The summed E-state index contributed by atoms with van der Waals surface area (Å²) in [5, 5.41) is 22.1. The minimum atomic E-state index is -0.682. The van der Waals surface area contributed by atoms with Crippen LogP contribution in [0.15, 0.2) is 24.8 Å². The summed E-state index contributed by atoms with van der Waals surface area (Å²) in [5.41, 5.74) is 2.47. The molecule has 1 fully saturated rings. The molecular weight excluding hydrogens is 320 g/mol. The van der Waals surface area contributed by atoms with Crippen LogP contribution >= 0.6 is 0 Å². The first kappa shape index (κ1) is 18.3. The highest BCUT2D eigenvalue weighted by Gasteiger charge is 2.31. The van der Waals surface area contributed by atoms with Crippen LogP contribution in [-0.2, 0) is 9.59 Å². The summed E-state index contributed by atoms with van der Waals surface area (Å²) in [6, 6.07) is 4.81. The Morgan fingerprint density at radius 3 is 2.72 bits per heavy atom. The molecule has 1 unspecified atom stereocenters. The van der Waals surface area contributed by atoms with Crippen molar-refractivity contribution in [2.75, 3.05) is 31.5 Å². The quantitative estimate of drug-likeness (QED) is 0.632. The van der Waals surface area contributed by atoms with Gasteiger partial charge in [-0.05, 0) is 43.2 Å². The average Bonchev–Trinajstić information content (AvgIpc) is 2.62. The molecule has 7 nitrogen and oxygen atoms in total. The normalized spacial score (nSPS) is 16.9. The van der Waals surface area contributed by atoms with Gasteiger partial charge in [0, 0.05) is 13.1 Å². The second-order valence-electron chi connectivity index (χ2n) is 6.03. The molecule has 0 spiro atoms. The standard InChI is InChI=1S/C18H22N4O3/c1-4-17(24)22-6-5-21(11-14(22)9-19)18(25)10-20-15-7-12(2)13(3)8-16(15)23/h4,7-8,14,20,23H,1,5-6,10-11H2,2-3H3. The van der Waals surface area contributed by atoms with Gasteiger partial charge in [0.25, 0.3) is 0 Å². The summed E-state index contributed by atoms with van der Waals surface area (Å²) in [5.74, 6) is -0.410. The second-order valence-corrected chi connectivity index (χ2v) is 6.03. The molecule has 2 amide bonds. The van der Waals surface area contributed by atoms with E-state index >= 15 is 0 Å². The molecule has 7 heteroatoms. The van der Waals surface area contributed by atoms with Gasteiger partial charge < -0.3 is 20.2 Å². The van der Waals surface area contributed by atoms with Crippen LogP contribution in [0.5, 0.6) is 5.75 Å². The number of aryl methyl sites for hydroxylation is 2. The molecule has 25 heavy (non-hydrogen) atoms. The zero-order valence-corrected chi connectivity index (χ0v) is 14.5. The van der Waals surface area contributed by atoms with Gasteiger partial charge >= 0.3 is 0 Å². The maximum Gasteiger partial charge on any atom is 0.247 e. The number of benzene rings is 1. The Balaban J connectivity index is 1.98. The number of amides is 2. The fourth-order valence-electron chi connectivity index (χ4n) is 2.73. The predicted molar refractivity (Wildman–Crippen MR) is 94.0 cm³/mol. The molecule has 1 heterocycles. The number of phenolic OH excluding ortho intramolecular Hbond substituents is 1. The molecule has 0 radical (unpaired) electrons. The van der Waals surface area contributed by atoms with Crippen LogP contribution in [0.4, 0.5) is 5.69 Å². The van der Waals surface area contributed by atoms with Crippen molar-refractivity contribution in [2.45, 2.75) is 19.9 Å². The smallest absolute Gasteiger partial charge is 0.247 e. The number of hydrogen-bond donors (Lipinski definition) is 2. The number of hydrogen-bond acceptors (Lipinski definition) is 5. The van der Waals surface area contributed by atoms with Crippen LogP contribution in [-0.4, -0.2) is 58.9 Å². The van der Waals surface area contributed by atoms with E-state index < -0.39 is 6.04 Å². The molecule has 0 aromatic heterocycles. The first-order valence-electron chi connectivity index (χ1n) is 8.02. The number of nitrogens with zero attached hydrogens (tertiary/aromatic N) is 3. The molecular formula is C18H22N4O3. The van der Waals surface area contributed by atoms with E-state index in [1.165, 1.54) is 11.0 Å². The topological polar surface area (TPSA) is 96.7 Å². The zero-order chi connectivity index (χ0) is 18.6. The number of nitrogens with one attached hydrogen (secondary N) is 1.